The van der Waals surface area contributed by atoms with Crippen LogP contribution in [0.4, 0.5) is 0 Å². The summed E-state index contributed by atoms with van der Waals surface area (Å²) in [5.41, 5.74) is 0.828. The van der Waals surface area contributed by atoms with Crippen molar-refractivity contribution in [2.75, 3.05) is 19.4 Å². The normalized spacial score (nSPS) is 26.1. The molecule has 1 aromatic rings. The molecule has 1 saturated heterocycles. The van der Waals surface area contributed by atoms with Gasteiger partial charge in [0.05, 0.1) is 18.1 Å². The van der Waals surface area contributed by atoms with Crippen LogP contribution in [-0.4, -0.2) is 33.9 Å². The van der Waals surface area contributed by atoms with Crippen molar-refractivity contribution in [1.29, 1.82) is 0 Å². The molecule has 2 atom stereocenters. The number of methoxy groups -OCH3 is 1. The third-order valence-electron chi connectivity index (χ3n) is 3.32. The first-order chi connectivity index (χ1) is 8.56. The van der Waals surface area contributed by atoms with E-state index in [0.717, 1.165) is 12.1 Å². The second-order valence-electron chi connectivity index (χ2n) is 4.59. The highest BCUT2D eigenvalue weighted by molar-refractivity contribution is 7.92. The van der Waals surface area contributed by atoms with E-state index < -0.39 is 15.1 Å². The largest absolute Gasteiger partial charge is 0.497 e. The SMILES string of the molecule is CCNC1C[C@H](c2cccc(OC)c2)S(=O)(=O)C1. The summed E-state index contributed by atoms with van der Waals surface area (Å²) in [6.45, 7) is 2.79. The maximum absolute atomic E-state index is 12.2. The molecule has 1 heterocycles. The molecule has 2 rings (SSSR count). The van der Waals surface area contributed by atoms with Gasteiger partial charge in [-0.05, 0) is 30.7 Å². The topological polar surface area (TPSA) is 55.4 Å². The Hall–Kier alpha value is -1.07. The molecule has 1 aliphatic rings. The van der Waals surface area contributed by atoms with E-state index in [1.165, 1.54) is 0 Å². The van der Waals surface area contributed by atoms with Gasteiger partial charge >= 0.3 is 0 Å². The molecule has 0 radical (unpaired) electrons. The number of nitrogens with one attached hydrogen (secondary N) is 1. The van der Waals surface area contributed by atoms with Crippen molar-refractivity contribution in [2.45, 2.75) is 24.6 Å². The standard InChI is InChI=1S/C13H19NO3S/c1-3-14-11-8-13(18(15,16)9-11)10-5-4-6-12(7-10)17-2/h4-7,11,13-14H,3,8-9H2,1-2H3/t11?,13-/m1/s1. The molecule has 1 aliphatic heterocycles. The molecule has 1 N–H and O–H groups in total. The van der Waals surface area contributed by atoms with Crippen molar-refractivity contribution in [1.82, 2.24) is 5.32 Å². The lowest BCUT2D eigenvalue weighted by Gasteiger charge is -2.11. The number of hydrogen-bond donors (Lipinski definition) is 1. The summed E-state index contributed by atoms with van der Waals surface area (Å²) >= 11 is 0. The minimum Gasteiger partial charge on any atom is -0.497 e. The van der Waals surface area contributed by atoms with Crippen LogP contribution in [0, 0.1) is 0 Å². The van der Waals surface area contributed by atoms with Gasteiger partial charge < -0.3 is 10.1 Å². The number of hydrogen-bond acceptors (Lipinski definition) is 4. The number of rotatable bonds is 4. The van der Waals surface area contributed by atoms with Crippen LogP contribution < -0.4 is 10.1 Å². The molecule has 1 aromatic carbocycles. The smallest absolute Gasteiger partial charge is 0.158 e. The zero-order valence-corrected chi connectivity index (χ0v) is 11.5. The van der Waals surface area contributed by atoms with Crippen LogP contribution in [0.5, 0.6) is 5.75 Å². The Morgan fingerprint density at radius 1 is 1.44 bits per heavy atom. The molecule has 0 bridgehead atoms. The summed E-state index contributed by atoms with van der Waals surface area (Å²) in [6, 6.07) is 7.41. The summed E-state index contributed by atoms with van der Waals surface area (Å²) in [6.07, 6.45) is 0.642. The third-order valence-corrected chi connectivity index (χ3v) is 5.52. The molecule has 100 valence electrons. The van der Waals surface area contributed by atoms with Crippen molar-refractivity contribution in [2.24, 2.45) is 0 Å². The van der Waals surface area contributed by atoms with E-state index in [9.17, 15) is 8.42 Å². The maximum Gasteiger partial charge on any atom is 0.158 e. The summed E-state index contributed by atoms with van der Waals surface area (Å²) in [7, 11) is -1.47. The highest BCUT2D eigenvalue weighted by Crippen LogP contribution is 2.35. The van der Waals surface area contributed by atoms with Crippen LogP contribution in [0.3, 0.4) is 0 Å². The fourth-order valence-corrected chi connectivity index (χ4v) is 4.62. The number of sulfone groups is 1. The minimum atomic E-state index is -3.05. The zero-order chi connectivity index (χ0) is 13.2. The van der Waals surface area contributed by atoms with Crippen LogP contribution in [-0.2, 0) is 9.84 Å². The van der Waals surface area contributed by atoms with E-state index >= 15 is 0 Å². The average Bonchev–Trinajstić information content (AvgIpc) is 2.65. The Labute approximate surface area is 108 Å². The van der Waals surface area contributed by atoms with Crippen molar-refractivity contribution < 1.29 is 13.2 Å². The van der Waals surface area contributed by atoms with Gasteiger partial charge in [0, 0.05) is 6.04 Å². The average molecular weight is 269 g/mol. The molecule has 18 heavy (non-hydrogen) atoms. The Kier molecular flexibility index (Phi) is 3.92. The molecular weight excluding hydrogens is 250 g/mol. The zero-order valence-electron chi connectivity index (χ0n) is 10.7. The minimum absolute atomic E-state index is 0.0659. The Balaban J connectivity index is 2.26. The molecule has 0 aliphatic carbocycles. The Morgan fingerprint density at radius 2 is 2.22 bits per heavy atom. The monoisotopic (exact) mass is 269 g/mol. The van der Waals surface area contributed by atoms with Crippen LogP contribution in [0.2, 0.25) is 0 Å². The van der Waals surface area contributed by atoms with E-state index in [2.05, 4.69) is 5.32 Å². The van der Waals surface area contributed by atoms with Gasteiger partial charge in [-0.25, -0.2) is 8.42 Å². The van der Waals surface area contributed by atoms with Gasteiger partial charge in [-0.3, -0.25) is 0 Å². The molecule has 1 fully saturated rings. The summed E-state index contributed by atoms with van der Waals surface area (Å²) < 4.78 is 29.5. The van der Waals surface area contributed by atoms with Crippen LogP contribution in [0.1, 0.15) is 24.2 Å². The predicted octanol–water partition coefficient (Wildman–Crippen LogP) is 1.53. The van der Waals surface area contributed by atoms with E-state index in [0.29, 0.717) is 12.2 Å². The maximum atomic E-state index is 12.2. The first-order valence-corrected chi connectivity index (χ1v) is 7.87. The fourth-order valence-electron chi connectivity index (χ4n) is 2.49. The van der Waals surface area contributed by atoms with Crippen LogP contribution in [0.25, 0.3) is 0 Å². The lowest BCUT2D eigenvalue weighted by atomic mass is 10.1. The van der Waals surface area contributed by atoms with Gasteiger partial charge in [0.25, 0.3) is 0 Å². The van der Waals surface area contributed by atoms with Crippen molar-refractivity contribution in [3.05, 3.63) is 29.8 Å². The van der Waals surface area contributed by atoms with Gasteiger partial charge in [-0.1, -0.05) is 19.1 Å². The molecule has 0 spiro atoms. The number of benzene rings is 1. The van der Waals surface area contributed by atoms with Gasteiger partial charge in [-0.2, -0.15) is 0 Å². The lowest BCUT2D eigenvalue weighted by molar-refractivity contribution is 0.414. The molecular formula is C13H19NO3S. The highest BCUT2D eigenvalue weighted by atomic mass is 32.2. The van der Waals surface area contributed by atoms with Gasteiger partial charge in [0.2, 0.25) is 0 Å². The third kappa shape index (κ3) is 2.67. The molecule has 0 amide bonds. The molecule has 5 heteroatoms. The molecule has 0 aromatic heterocycles. The first-order valence-electron chi connectivity index (χ1n) is 6.15. The van der Waals surface area contributed by atoms with Gasteiger partial charge in [0.1, 0.15) is 5.75 Å². The van der Waals surface area contributed by atoms with E-state index in [1.54, 1.807) is 7.11 Å². The quantitative estimate of drug-likeness (QED) is 0.900. The number of ether oxygens (including phenoxy) is 1. The Morgan fingerprint density at radius 3 is 2.89 bits per heavy atom. The van der Waals surface area contributed by atoms with Crippen LogP contribution in [0.15, 0.2) is 24.3 Å². The predicted molar refractivity (Wildman–Crippen MR) is 71.6 cm³/mol. The van der Waals surface area contributed by atoms with Gasteiger partial charge in [-0.15, -0.1) is 0 Å². The lowest BCUT2D eigenvalue weighted by Crippen LogP contribution is -2.29. The molecule has 4 nitrogen and oxygen atoms in total. The van der Waals surface area contributed by atoms with E-state index in [1.807, 2.05) is 31.2 Å². The van der Waals surface area contributed by atoms with Gasteiger partial charge in [0.15, 0.2) is 9.84 Å². The second-order valence-corrected chi connectivity index (χ2v) is 6.81. The van der Waals surface area contributed by atoms with Crippen LogP contribution >= 0.6 is 0 Å². The Bertz CT molecular complexity index is 513. The van der Waals surface area contributed by atoms with Crippen molar-refractivity contribution in [3.63, 3.8) is 0 Å². The fraction of sp³-hybridized carbons (Fsp3) is 0.538. The summed E-state index contributed by atoms with van der Waals surface area (Å²) in [5, 5.41) is 2.81. The van der Waals surface area contributed by atoms with E-state index in [4.69, 9.17) is 4.74 Å². The van der Waals surface area contributed by atoms with Crippen molar-refractivity contribution >= 4 is 9.84 Å². The molecule has 0 saturated carbocycles. The first kappa shape index (κ1) is 13.4. The highest BCUT2D eigenvalue weighted by Gasteiger charge is 2.38. The summed E-state index contributed by atoms with van der Waals surface area (Å²) in [4.78, 5) is 0. The summed E-state index contributed by atoms with van der Waals surface area (Å²) in [5.74, 6) is 0.928. The van der Waals surface area contributed by atoms with Crippen molar-refractivity contribution in [3.8, 4) is 5.75 Å². The second kappa shape index (κ2) is 5.28. The molecule has 1 unspecified atom stereocenters. The van der Waals surface area contributed by atoms with E-state index in [-0.39, 0.29) is 11.8 Å².